The molecule has 1 aliphatic heterocycles. The number of fused-ring (bicyclic) bond motifs is 1. The van der Waals surface area contributed by atoms with Gasteiger partial charge in [0.05, 0.1) is 18.3 Å². The van der Waals surface area contributed by atoms with E-state index in [1.54, 1.807) is 6.07 Å². The summed E-state index contributed by atoms with van der Waals surface area (Å²) in [7, 11) is 0. The molecule has 0 bridgehead atoms. The lowest BCUT2D eigenvalue weighted by molar-refractivity contribution is 0.198. The van der Waals surface area contributed by atoms with Crippen LogP contribution in [0, 0.1) is 11.3 Å². The van der Waals surface area contributed by atoms with Crippen LogP contribution in [0.15, 0.2) is 60.7 Å². The van der Waals surface area contributed by atoms with Crippen molar-refractivity contribution in [1.82, 2.24) is 4.90 Å². The normalized spacial score (nSPS) is 17.8. The molecule has 37 heavy (non-hydrogen) atoms. The second kappa shape index (κ2) is 11.7. The van der Waals surface area contributed by atoms with Crippen LogP contribution >= 0.6 is 23.2 Å². The highest BCUT2D eigenvalue weighted by atomic mass is 35.5. The van der Waals surface area contributed by atoms with E-state index in [1.165, 1.54) is 11.1 Å². The fourth-order valence-corrected chi connectivity index (χ4v) is 5.99. The van der Waals surface area contributed by atoms with Crippen molar-refractivity contribution in [3.05, 3.63) is 98.5 Å². The fourth-order valence-electron chi connectivity index (χ4n) is 5.46. The maximum absolute atomic E-state index is 12.5. The Morgan fingerprint density at radius 2 is 1.81 bits per heavy atom. The molecular weight excluding hydrogens is 506 g/mol. The lowest BCUT2D eigenvalue weighted by Crippen LogP contribution is -2.26. The molecule has 1 fully saturated rings. The van der Waals surface area contributed by atoms with E-state index >= 15 is 0 Å². The predicted octanol–water partition coefficient (Wildman–Crippen LogP) is 7.97. The van der Waals surface area contributed by atoms with Gasteiger partial charge in [0, 0.05) is 29.7 Å². The van der Waals surface area contributed by atoms with Gasteiger partial charge in [-0.3, -0.25) is 9.29 Å². The van der Waals surface area contributed by atoms with Gasteiger partial charge in [-0.1, -0.05) is 47.5 Å². The van der Waals surface area contributed by atoms with E-state index in [0.717, 1.165) is 73.3 Å². The van der Waals surface area contributed by atoms with Crippen molar-refractivity contribution >= 4 is 34.3 Å². The van der Waals surface area contributed by atoms with Crippen molar-refractivity contribution in [1.29, 1.82) is 5.26 Å². The van der Waals surface area contributed by atoms with Crippen LogP contribution in [0.5, 0.6) is 5.75 Å². The average Bonchev–Trinajstić information content (AvgIpc) is 3.26. The number of allylic oxidation sites excluding steroid dienone is 1. The van der Waals surface area contributed by atoms with Crippen LogP contribution < -0.4 is 4.74 Å². The van der Waals surface area contributed by atoms with Gasteiger partial charge in [-0.05, 0) is 102 Å². The molecule has 3 aromatic carbocycles. The Kier molecular flexibility index (Phi) is 8.15. The quantitative estimate of drug-likeness (QED) is 0.308. The second-order valence-corrected chi connectivity index (χ2v) is 10.6. The van der Waals surface area contributed by atoms with Crippen molar-refractivity contribution < 1.29 is 9.13 Å². The molecule has 3 nitrogen and oxygen atoms in total. The Balaban J connectivity index is 1.50. The predicted molar refractivity (Wildman–Crippen MR) is 149 cm³/mol. The molecule has 0 spiro atoms. The molecule has 190 valence electrons. The minimum atomic E-state index is -0.274. The van der Waals surface area contributed by atoms with Gasteiger partial charge in [-0.2, -0.15) is 5.26 Å². The number of ether oxygens (including phenoxy) is 1. The maximum atomic E-state index is 12.5. The molecule has 2 aliphatic rings. The SMILES string of the molecule is N#Cc1ccc2c(c1)CCCC(c1ccc(Cl)cc1Cl)=C2c1ccc(O[C@H]2CCN(CCCF)C2)cc1. The Morgan fingerprint density at radius 1 is 1.00 bits per heavy atom. The first-order chi connectivity index (χ1) is 18.1. The maximum Gasteiger partial charge on any atom is 0.119 e. The van der Waals surface area contributed by atoms with Crippen LogP contribution in [0.3, 0.4) is 0 Å². The number of nitriles is 1. The number of likely N-dealkylation sites (tertiary alicyclic amines) is 1. The second-order valence-electron chi connectivity index (χ2n) is 9.71. The smallest absolute Gasteiger partial charge is 0.119 e. The molecule has 0 radical (unpaired) electrons. The Morgan fingerprint density at radius 3 is 2.57 bits per heavy atom. The molecule has 6 heteroatoms. The standard InChI is InChI=1S/C31H29Cl2FN2O/c32-24-8-12-28(30(33)18-24)29-4-1-3-23-17-21(19-35)5-11-27(23)31(29)22-6-9-25(10-7-22)37-26-13-16-36(20-26)15-2-14-34/h5-12,17-18,26H,1-4,13-16,20H2/t26-/m0/s1. The average molecular weight is 535 g/mol. The van der Waals surface area contributed by atoms with Crippen LogP contribution in [0.1, 0.15) is 53.5 Å². The highest BCUT2D eigenvalue weighted by Crippen LogP contribution is 2.42. The van der Waals surface area contributed by atoms with Crippen molar-refractivity contribution in [3.63, 3.8) is 0 Å². The lowest BCUT2D eigenvalue weighted by Gasteiger charge is -2.19. The first-order valence-corrected chi connectivity index (χ1v) is 13.6. The largest absolute Gasteiger partial charge is 0.489 e. The van der Waals surface area contributed by atoms with Gasteiger partial charge >= 0.3 is 0 Å². The molecule has 0 saturated carbocycles. The zero-order chi connectivity index (χ0) is 25.8. The summed E-state index contributed by atoms with van der Waals surface area (Å²) in [6, 6.07) is 22.2. The molecule has 3 aromatic rings. The third kappa shape index (κ3) is 5.85. The zero-order valence-electron chi connectivity index (χ0n) is 20.7. The highest BCUT2D eigenvalue weighted by Gasteiger charge is 2.25. The Bertz CT molecular complexity index is 1350. The third-order valence-electron chi connectivity index (χ3n) is 7.22. The van der Waals surface area contributed by atoms with Crippen molar-refractivity contribution in [2.75, 3.05) is 26.3 Å². The summed E-state index contributed by atoms with van der Waals surface area (Å²) in [5.74, 6) is 0.835. The summed E-state index contributed by atoms with van der Waals surface area (Å²) in [5, 5.41) is 10.7. The van der Waals surface area contributed by atoms with E-state index in [4.69, 9.17) is 27.9 Å². The number of benzene rings is 3. The monoisotopic (exact) mass is 534 g/mol. The molecule has 0 N–H and O–H groups in total. The molecular formula is C31H29Cl2FN2O. The number of hydrogen-bond donors (Lipinski definition) is 0. The van der Waals surface area contributed by atoms with Crippen molar-refractivity contribution in [3.8, 4) is 11.8 Å². The minimum Gasteiger partial charge on any atom is -0.489 e. The molecule has 1 atom stereocenters. The number of alkyl halides is 1. The summed E-state index contributed by atoms with van der Waals surface area (Å²) in [6.45, 7) is 2.29. The van der Waals surface area contributed by atoms with Crippen LogP contribution in [-0.4, -0.2) is 37.3 Å². The minimum absolute atomic E-state index is 0.121. The molecule has 0 unspecified atom stereocenters. The molecule has 0 aromatic heterocycles. The molecule has 0 amide bonds. The number of halogens is 3. The highest BCUT2D eigenvalue weighted by molar-refractivity contribution is 6.36. The number of hydrogen-bond acceptors (Lipinski definition) is 3. The van der Waals surface area contributed by atoms with Gasteiger partial charge in [0.15, 0.2) is 0 Å². The van der Waals surface area contributed by atoms with E-state index in [2.05, 4.69) is 29.2 Å². The topological polar surface area (TPSA) is 36.3 Å². The summed E-state index contributed by atoms with van der Waals surface area (Å²) < 4.78 is 18.8. The lowest BCUT2D eigenvalue weighted by atomic mass is 9.87. The number of rotatable bonds is 7. The van der Waals surface area contributed by atoms with Gasteiger partial charge in [-0.25, -0.2) is 0 Å². The van der Waals surface area contributed by atoms with Crippen LogP contribution in [0.2, 0.25) is 10.0 Å². The van der Waals surface area contributed by atoms with Gasteiger partial charge < -0.3 is 4.74 Å². The van der Waals surface area contributed by atoms with Gasteiger partial charge in [-0.15, -0.1) is 0 Å². The Hall–Kier alpha value is -2.84. The summed E-state index contributed by atoms with van der Waals surface area (Å²) in [5.41, 5.74) is 7.35. The van der Waals surface area contributed by atoms with E-state index in [9.17, 15) is 9.65 Å². The molecule has 1 aliphatic carbocycles. The van der Waals surface area contributed by atoms with Gasteiger partial charge in [0.1, 0.15) is 11.9 Å². The van der Waals surface area contributed by atoms with Crippen LogP contribution in [0.25, 0.3) is 11.1 Å². The zero-order valence-corrected chi connectivity index (χ0v) is 22.2. The van der Waals surface area contributed by atoms with Gasteiger partial charge in [0.25, 0.3) is 0 Å². The Labute approximate surface area is 228 Å². The number of nitrogens with zero attached hydrogens (tertiary/aromatic N) is 2. The van der Waals surface area contributed by atoms with Crippen molar-refractivity contribution in [2.24, 2.45) is 0 Å². The molecule has 1 heterocycles. The van der Waals surface area contributed by atoms with E-state index < -0.39 is 0 Å². The summed E-state index contributed by atoms with van der Waals surface area (Å²) in [6.07, 6.45) is 4.37. The molecule has 5 rings (SSSR count). The van der Waals surface area contributed by atoms with E-state index in [0.29, 0.717) is 22.0 Å². The van der Waals surface area contributed by atoms with Crippen LogP contribution in [0.4, 0.5) is 4.39 Å². The van der Waals surface area contributed by atoms with Crippen molar-refractivity contribution in [2.45, 2.75) is 38.2 Å². The third-order valence-corrected chi connectivity index (χ3v) is 7.77. The van der Waals surface area contributed by atoms with Crippen LogP contribution in [-0.2, 0) is 6.42 Å². The first-order valence-electron chi connectivity index (χ1n) is 12.8. The van der Waals surface area contributed by atoms with E-state index in [-0.39, 0.29) is 12.8 Å². The number of aryl methyl sites for hydroxylation is 1. The fraction of sp³-hybridized carbons (Fsp3) is 0.323. The summed E-state index contributed by atoms with van der Waals surface area (Å²) in [4.78, 5) is 2.27. The van der Waals surface area contributed by atoms with Gasteiger partial charge in [0.2, 0.25) is 0 Å². The first kappa shape index (κ1) is 25.8. The van der Waals surface area contributed by atoms with E-state index in [1.807, 2.05) is 36.4 Å². The summed E-state index contributed by atoms with van der Waals surface area (Å²) >= 11 is 12.9. The molecule has 1 saturated heterocycles.